The number of rotatable bonds is 5. The smallest absolute Gasteiger partial charge is 0.318 e. The third kappa shape index (κ3) is 4.23. The van der Waals surface area contributed by atoms with Crippen LogP contribution in [0.3, 0.4) is 0 Å². The molecule has 0 aliphatic rings. The molecule has 0 heterocycles. The van der Waals surface area contributed by atoms with Crippen molar-refractivity contribution in [2.45, 2.75) is 20.0 Å². The predicted octanol–water partition coefficient (Wildman–Crippen LogP) is 1.19. The Hall–Kier alpha value is -2.64. The largest absolute Gasteiger partial charge is 0.480 e. The summed E-state index contributed by atoms with van der Waals surface area (Å²) in [6.45, 7) is 3.47. The van der Waals surface area contributed by atoms with Crippen LogP contribution in [0, 0.1) is 16.0 Å². The SMILES string of the molecule is CC(C)[C@@H](Oc1ccc([N+](=O)[O-])cc1)C(=O)NC(N)=O. The number of imide groups is 1. The van der Waals surface area contributed by atoms with Crippen LogP contribution in [0.4, 0.5) is 10.5 Å². The van der Waals surface area contributed by atoms with E-state index in [0.29, 0.717) is 0 Å². The number of nitrogens with one attached hydrogen (secondary N) is 1. The Morgan fingerprint density at radius 2 is 1.85 bits per heavy atom. The Labute approximate surface area is 115 Å². The van der Waals surface area contributed by atoms with Crippen LogP contribution in [0.2, 0.25) is 0 Å². The van der Waals surface area contributed by atoms with E-state index in [1.54, 1.807) is 13.8 Å². The lowest BCUT2D eigenvalue weighted by molar-refractivity contribution is -0.384. The van der Waals surface area contributed by atoms with Crippen molar-refractivity contribution < 1.29 is 19.2 Å². The maximum Gasteiger partial charge on any atom is 0.318 e. The van der Waals surface area contributed by atoms with E-state index in [4.69, 9.17) is 10.5 Å². The average molecular weight is 281 g/mol. The van der Waals surface area contributed by atoms with Gasteiger partial charge in [0.1, 0.15) is 5.75 Å². The lowest BCUT2D eigenvalue weighted by atomic mass is 10.1. The molecule has 0 bridgehead atoms. The Balaban J connectivity index is 2.82. The van der Waals surface area contributed by atoms with Crippen molar-refractivity contribution in [1.82, 2.24) is 5.32 Å². The molecule has 1 rings (SSSR count). The average Bonchev–Trinajstić information content (AvgIpc) is 2.35. The molecule has 0 saturated carbocycles. The quantitative estimate of drug-likeness (QED) is 0.619. The lowest BCUT2D eigenvalue weighted by Gasteiger charge is -2.20. The van der Waals surface area contributed by atoms with Gasteiger partial charge in [-0.05, 0) is 18.1 Å². The first-order valence-electron chi connectivity index (χ1n) is 5.82. The monoisotopic (exact) mass is 281 g/mol. The normalized spacial score (nSPS) is 11.8. The summed E-state index contributed by atoms with van der Waals surface area (Å²) in [6, 6.07) is 4.32. The Morgan fingerprint density at radius 1 is 1.30 bits per heavy atom. The zero-order valence-electron chi connectivity index (χ0n) is 11.0. The summed E-state index contributed by atoms with van der Waals surface area (Å²) in [6.07, 6.45) is -0.927. The second-order valence-corrected chi connectivity index (χ2v) is 4.39. The van der Waals surface area contributed by atoms with Crippen molar-refractivity contribution in [3.05, 3.63) is 34.4 Å². The Morgan fingerprint density at radius 3 is 2.25 bits per heavy atom. The highest BCUT2D eigenvalue weighted by Crippen LogP contribution is 2.20. The number of hydrogen-bond donors (Lipinski definition) is 2. The van der Waals surface area contributed by atoms with Crippen molar-refractivity contribution in [2.75, 3.05) is 0 Å². The number of hydrogen-bond acceptors (Lipinski definition) is 5. The number of primary amides is 1. The molecule has 8 heteroatoms. The van der Waals surface area contributed by atoms with Gasteiger partial charge in [-0.1, -0.05) is 13.8 Å². The van der Waals surface area contributed by atoms with Crippen LogP contribution in [0.1, 0.15) is 13.8 Å². The number of nitro benzene ring substituents is 1. The van der Waals surface area contributed by atoms with Gasteiger partial charge in [0.25, 0.3) is 11.6 Å². The van der Waals surface area contributed by atoms with E-state index >= 15 is 0 Å². The molecule has 8 nitrogen and oxygen atoms in total. The fourth-order valence-corrected chi connectivity index (χ4v) is 1.48. The van der Waals surface area contributed by atoms with Gasteiger partial charge in [-0.2, -0.15) is 0 Å². The first-order chi connectivity index (χ1) is 9.31. The van der Waals surface area contributed by atoms with Gasteiger partial charge < -0.3 is 10.5 Å². The third-order valence-corrected chi connectivity index (χ3v) is 2.42. The Kier molecular flexibility index (Phi) is 5.01. The number of urea groups is 1. The minimum absolute atomic E-state index is 0.0833. The number of ether oxygens (including phenoxy) is 1. The summed E-state index contributed by atoms with van der Waals surface area (Å²) < 4.78 is 5.43. The van der Waals surface area contributed by atoms with Gasteiger partial charge >= 0.3 is 6.03 Å². The molecule has 1 aromatic carbocycles. The van der Waals surface area contributed by atoms with E-state index in [2.05, 4.69) is 0 Å². The van der Waals surface area contributed by atoms with E-state index in [0.717, 1.165) is 0 Å². The van der Waals surface area contributed by atoms with Crippen LogP contribution in [0.15, 0.2) is 24.3 Å². The summed E-state index contributed by atoms with van der Waals surface area (Å²) in [5.41, 5.74) is 4.79. The van der Waals surface area contributed by atoms with Crippen LogP contribution >= 0.6 is 0 Å². The molecule has 1 atom stereocenters. The van der Waals surface area contributed by atoms with Crippen molar-refractivity contribution in [2.24, 2.45) is 11.7 Å². The minimum atomic E-state index is -0.965. The number of nitro groups is 1. The second-order valence-electron chi connectivity index (χ2n) is 4.39. The van der Waals surface area contributed by atoms with Gasteiger partial charge in [-0.25, -0.2) is 4.79 Å². The summed E-state index contributed by atoms with van der Waals surface area (Å²) >= 11 is 0. The number of nitrogens with two attached hydrogens (primary N) is 1. The molecule has 0 fully saturated rings. The van der Waals surface area contributed by atoms with E-state index in [1.807, 2.05) is 5.32 Å². The molecule has 0 aliphatic heterocycles. The standard InChI is InChI=1S/C12H15N3O5/c1-7(2)10(11(16)14-12(13)17)20-9-5-3-8(4-6-9)15(18)19/h3-7,10H,1-2H3,(H3,13,14,16,17)/t10-/m1/s1. The number of non-ortho nitro benzene ring substituents is 1. The summed E-state index contributed by atoms with van der Waals surface area (Å²) in [5.74, 6) is -0.593. The molecular formula is C12H15N3O5. The van der Waals surface area contributed by atoms with Crippen LogP contribution in [0.25, 0.3) is 0 Å². The van der Waals surface area contributed by atoms with E-state index < -0.39 is 23.0 Å². The minimum Gasteiger partial charge on any atom is -0.480 e. The van der Waals surface area contributed by atoms with E-state index in [1.165, 1.54) is 24.3 Å². The van der Waals surface area contributed by atoms with Gasteiger partial charge in [0.2, 0.25) is 0 Å². The van der Waals surface area contributed by atoms with Crippen LogP contribution in [0.5, 0.6) is 5.75 Å². The van der Waals surface area contributed by atoms with Gasteiger partial charge in [0, 0.05) is 12.1 Å². The van der Waals surface area contributed by atoms with Crippen LogP contribution in [-0.4, -0.2) is 23.0 Å². The van der Waals surface area contributed by atoms with Gasteiger partial charge in [0.05, 0.1) is 4.92 Å². The first kappa shape index (κ1) is 15.4. The molecule has 3 amide bonds. The molecule has 0 unspecified atom stereocenters. The molecule has 0 aliphatic carbocycles. The van der Waals surface area contributed by atoms with Crippen molar-refractivity contribution in [3.63, 3.8) is 0 Å². The van der Waals surface area contributed by atoms with Gasteiger partial charge in [-0.15, -0.1) is 0 Å². The second kappa shape index (κ2) is 6.50. The highest BCUT2D eigenvalue weighted by molar-refractivity contribution is 5.96. The number of benzene rings is 1. The molecular weight excluding hydrogens is 266 g/mol. The fourth-order valence-electron chi connectivity index (χ4n) is 1.48. The molecule has 0 radical (unpaired) electrons. The molecule has 0 aromatic heterocycles. The number of carbonyl (C=O) groups excluding carboxylic acids is 2. The molecule has 108 valence electrons. The number of nitrogens with zero attached hydrogens (tertiary/aromatic N) is 1. The van der Waals surface area contributed by atoms with Gasteiger partial charge in [0.15, 0.2) is 6.10 Å². The third-order valence-electron chi connectivity index (χ3n) is 2.42. The zero-order valence-corrected chi connectivity index (χ0v) is 11.0. The number of carbonyl (C=O) groups is 2. The van der Waals surface area contributed by atoms with Crippen molar-refractivity contribution in [1.29, 1.82) is 0 Å². The van der Waals surface area contributed by atoms with Crippen LogP contribution in [-0.2, 0) is 4.79 Å². The lowest BCUT2D eigenvalue weighted by Crippen LogP contribution is -2.46. The maximum atomic E-state index is 11.7. The highest BCUT2D eigenvalue weighted by Gasteiger charge is 2.25. The molecule has 0 saturated heterocycles. The van der Waals surface area contributed by atoms with E-state index in [-0.39, 0.29) is 17.4 Å². The Bertz CT molecular complexity index is 512. The fraction of sp³-hybridized carbons (Fsp3) is 0.333. The zero-order chi connectivity index (χ0) is 15.3. The molecule has 3 N–H and O–H groups in total. The molecule has 0 spiro atoms. The highest BCUT2D eigenvalue weighted by atomic mass is 16.6. The molecule has 20 heavy (non-hydrogen) atoms. The summed E-state index contributed by atoms with van der Waals surface area (Å²) in [4.78, 5) is 32.4. The van der Waals surface area contributed by atoms with Gasteiger partial charge in [-0.3, -0.25) is 20.2 Å². The predicted molar refractivity (Wildman–Crippen MR) is 70.1 cm³/mol. The number of amides is 3. The van der Waals surface area contributed by atoms with E-state index in [9.17, 15) is 19.7 Å². The molecule has 1 aromatic rings. The van der Waals surface area contributed by atoms with Crippen molar-refractivity contribution in [3.8, 4) is 5.75 Å². The topological polar surface area (TPSA) is 125 Å². The van der Waals surface area contributed by atoms with Crippen molar-refractivity contribution >= 4 is 17.6 Å². The maximum absolute atomic E-state index is 11.7. The summed E-state index contributed by atoms with van der Waals surface area (Å²) in [7, 11) is 0. The first-order valence-corrected chi connectivity index (χ1v) is 5.82. The van der Waals surface area contributed by atoms with Crippen LogP contribution < -0.4 is 15.8 Å². The summed E-state index contributed by atoms with van der Waals surface area (Å²) in [5, 5.41) is 12.5.